The van der Waals surface area contributed by atoms with Gasteiger partial charge in [0.15, 0.2) is 0 Å². The predicted molar refractivity (Wildman–Crippen MR) is 70.2 cm³/mol. The summed E-state index contributed by atoms with van der Waals surface area (Å²) in [6.07, 6.45) is 2.42. The van der Waals surface area contributed by atoms with Crippen molar-refractivity contribution in [2.75, 3.05) is 38.2 Å². The summed E-state index contributed by atoms with van der Waals surface area (Å²) >= 11 is 0. The zero-order chi connectivity index (χ0) is 13.8. The van der Waals surface area contributed by atoms with E-state index in [0.29, 0.717) is 18.7 Å². The van der Waals surface area contributed by atoms with E-state index in [4.69, 9.17) is 4.74 Å². The third-order valence-electron chi connectivity index (χ3n) is 3.29. The van der Waals surface area contributed by atoms with Crippen LogP contribution >= 0.6 is 0 Å². The van der Waals surface area contributed by atoms with E-state index in [1.54, 1.807) is 11.1 Å². The molecular formula is C13H17N3O3. The van der Waals surface area contributed by atoms with Gasteiger partial charge in [-0.25, -0.2) is 9.78 Å². The molecule has 0 spiro atoms. The SMILES string of the molecule is COC(=O)c1cnc(N2CCN(C=O)CC2)cc1C. The van der Waals surface area contributed by atoms with Crippen LogP contribution in [0.2, 0.25) is 0 Å². The van der Waals surface area contributed by atoms with E-state index in [1.165, 1.54) is 7.11 Å². The van der Waals surface area contributed by atoms with Gasteiger partial charge in [0.05, 0.1) is 12.7 Å². The lowest BCUT2D eigenvalue weighted by molar-refractivity contribution is -0.118. The Labute approximate surface area is 112 Å². The number of ether oxygens (including phenoxy) is 1. The minimum atomic E-state index is -0.373. The molecule has 6 nitrogen and oxygen atoms in total. The van der Waals surface area contributed by atoms with Crippen molar-refractivity contribution in [3.63, 3.8) is 0 Å². The van der Waals surface area contributed by atoms with Gasteiger partial charge >= 0.3 is 5.97 Å². The Kier molecular flexibility index (Phi) is 3.99. The highest BCUT2D eigenvalue weighted by molar-refractivity contribution is 5.90. The largest absolute Gasteiger partial charge is 0.465 e. The number of anilines is 1. The van der Waals surface area contributed by atoms with Crippen molar-refractivity contribution in [1.82, 2.24) is 9.88 Å². The second-order valence-corrected chi connectivity index (χ2v) is 4.48. The van der Waals surface area contributed by atoms with Gasteiger partial charge in [-0.1, -0.05) is 0 Å². The number of nitrogens with zero attached hydrogens (tertiary/aromatic N) is 3. The summed E-state index contributed by atoms with van der Waals surface area (Å²) in [5.74, 6) is 0.457. The molecule has 0 atom stereocenters. The summed E-state index contributed by atoms with van der Waals surface area (Å²) in [5.41, 5.74) is 1.33. The smallest absolute Gasteiger partial charge is 0.339 e. The first-order valence-corrected chi connectivity index (χ1v) is 6.15. The molecule has 102 valence electrons. The van der Waals surface area contributed by atoms with Crippen molar-refractivity contribution in [2.45, 2.75) is 6.92 Å². The van der Waals surface area contributed by atoms with Gasteiger partial charge in [-0.15, -0.1) is 0 Å². The standard InChI is InChI=1S/C13H17N3O3/c1-10-7-12(14-8-11(10)13(18)19-2)16-5-3-15(9-17)4-6-16/h7-9H,3-6H2,1-2H3. The molecule has 1 saturated heterocycles. The fraction of sp³-hybridized carbons (Fsp3) is 0.462. The number of carbonyl (C=O) groups excluding carboxylic acids is 2. The number of aromatic nitrogens is 1. The molecule has 1 aromatic rings. The summed E-state index contributed by atoms with van der Waals surface area (Å²) in [7, 11) is 1.36. The average molecular weight is 263 g/mol. The van der Waals surface area contributed by atoms with Crippen molar-refractivity contribution in [1.29, 1.82) is 0 Å². The number of carbonyl (C=O) groups is 2. The molecule has 6 heteroatoms. The number of methoxy groups -OCH3 is 1. The van der Waals surface area contributed by atoms with Crippen molar-refractivity contribution in [3.8, 4) is 0 Å². The monoisotopic (exact) mass is 263 g/mol. The van der Waals surface area contributed by atoms with Crippen LogP contribution in [0.3, 0.4) is 0 Å². The number of pyridine rings is 1. The van der Waals surface area contributed by atoms with Gasteiger partial charge in [0.2, 0.25) is 6.41 Å². The number of hydrogen-bond donors (Lipinski definition) is 0. The Morgan fingerprint density at radius 3 is 2.58 bits per heavy atom. The third kappa shape index (κ3) is 2.83. The van der Waals surface area contributed by atoms with Crippen molar-refractivity contribution in [2.24, 2.45) is 0 Å². The van der Waals surface area contributed by atoms with Crippen LogP contribution in [0, 0.1) is 6.92 Å². The lowest BCUT2D eigenvalue weighted by Crippen LogP contribution is -2.46. The lowest BCUT2D eigenvalue weighted by atomic mass is 10.1. The quantitative estimate of drug-likeness (QED) is 0.585. The van der Waals surface area contributed by atoms with Gasteiger partial charge in [-0.05, 0) is 18.6 Å². The highest BCUT2D eigenvalue weighted by atomic mass is 16.5. The number of esters is 1. The maximum Gasteiger partial charge on any atom is 0.339 e. The van der Waals surface area contributed by atoms with Gasteiger partial charge in [0, 0.05) is 32.4 Å². The topological polar surface area (TPSA) is 62.7 Å². The van der Waals surface area contributed by atoms with E-state index in [0.717, 1.165) is 30.9 Å². The normalized spacial score (nSPS) is 15.3. The second kappa shape index (κ2) is 5.69. The van der Waals surface area contributed by atoms with Crippen LogP contribution in [-0.4, -0.2) is 55.6 Å². The van der Waals surface area contributed by atoms with Crippen LogP contribution in [-0.2, 0) is 9.53 Å². The van der Waals surface area contributed by atoms with Crippen molar-refractivity contribution >= 4 is 18.2 Å². The number of amides is 1. The molecule has 2 rings (SSSR count). The molecule has 1 aliphatic heterocycles. The van der Waals surface area contributed by atoms with E-state index in [2.05, 4.69) is 9.88 Å². The average Bonchev–Trinajstić information content (AvgIpc) is 2.46. The van der Waals surface area contributed by atoms with Crippen LogP contribution < -0.4 is 4.90 Å². The van der Waals surface area contributed by atoms with E-state index < -0.39 is 0 Å². The molecule has 0 aromatic carbocycles. The van der Waals surface area contributed by atoms with Gasteiger partial charge in [-0.3, -0.25) is 4.79 Å². The third-order valence-corrected chi connectivity index (χ3v) is 3.29. The first kappa shape index (κ1) is 13.3. The number of piperazine rings is 1. The van der Waals surface area contributed by atoms with E-state index in [1.807, 2.05) is 13.0 Å². The summed E-state index contributed by atoms with van der Waals surface area (Å²) in [6.45, 7) is 4.76. The maximum absolute atomic E-state index is 11.5. The first-order valence-electron chi connectivity index (χ1n) is 6.15. The van der Waals surface area contributed by atoms with E-state index >= 15 is 0 Å². The molecule has 0 bridgehead atoms. The minimum Gasteiger partial charge on any atom is -0.465 e. The zero-order valence-electron chi connectivity index (χ0n) is 11.1. The summed E-state index contributed by atoms with van der Waals surface area (Å²) in [4.78, 5) is 30.3. The highest BCUT2D eigenvalue weighted by Crippen LogP contribution is 2.17. The molecule has 2 heterocycles. The molecule has 1 amide bonds. The Hall–Kier alpha value is -2.11. The molecule has 0 unspecified atom stereocenters. The van der Waals surface area contributed by atoms with Gasteiger partial charge in [-0.2, -0.15) is 0 Å². The second-order valence-electron chi connectivity index (χ2n) is 4.48. The molecule has 1 aliphatic rings. The van der Waals surface area contributed by atoms with Crippen LogP contribution in [0.15, 0.2) is 12.3 Å². The highest BCUT2D eigenvalue weighted by Gasteiger charge is 2.18. The first-order chi connectivity index (χ1) is 9.15. The van der Waals surface area contributed by atoms with Gasteiger partial charge in [0.25, 0.3) is 0 Å². The van der Waals surface area contributed by atoms with Crippen LogP contribution in [0.5, 0.6) is 0 Å². The molecule has 0 N–H and O–H groups in total. The molecule has 0 radical (unpaired) electrons. The fourth-order valence-corrected chi connectivity index (χ4v) is 2.09. The molecule has 1 aromatic heterocycles. The van der Waals surface area contributed by atoms with E-state index in [9.17, 15) is 9.59 Å². The summed E-state index contributed by atoms with van der Waals surface area (Å²) in [5, 5.41) is 0. The number of aryl methyl sites for hydroxylation is 1. The Bertz CT molecular complexity index is 482. The lowest BCUT2D eigenvalue weighted by Gasteiger charge is -2.33. The molecule has 0 saturated carbocycles. The van der Waals surface area contributed by atoms with Crippen molar-refractivity contribution < 1.29 is 14.3 Å². The maximum atomic E-state index is 11.5. The van der Waals surface area contributed by atoms with E-state index in [-0.39, 0.29) is 5.97 Å². The minimum absolute atomic E-state index is 0.373. The summed E-state index contributed by atoms with van der Waals surface area (Å²) < 4.78 is 4.69. The van der Waals surface area contributed by atoms with Crippen LogP contribution in [0.4, 0.5) is 5.82 Å². The molecule has 0 aliphatic carbocycles. The van der Waals surface area contributed by atoms with Gasteiger partial charge in [0.1, 0.15) is 5.82 Å². The van der Waals surface area contributed by atoms with Gasteiger partial charge < -0.3 is 14.5 Å². The van der Waals surface area contributed by atoms with Crippen LogP contribution in [0.1, 0.15) is 15.9 Å². The molecular weight excluding hydrogens is 246 g/mol. The fourth-order valence-electron chi connectivity index (χ4n) is 2.09. The predicted octanol–water partition coefficient (Wildman–Crippen LogP) is 0.455. The zero-order valence-corrected chi connectivity index (χ0v) is 11.1. The summed E-state index contributed by atoms with van der Waals surface area (Å²) in [6, 6.07) is 1.88. The molecule has 19 heavy (non-hydrogen) atoms. The number of hydrogen-bond acceptors (Lipinski definition) is 5. The Morgan fingerprint density at radius 1 is 1.37 bits per heavy atom. The Morgan fingerprint density at radius 2 is 2.05 bits per heavy atom. The van der Waals surface area contributed by atoms with Crippen molar-refractivity contribution in [3.05, 3.63) is 23.4 Å². The Balaban J connectivity index is 2.12. The van der Waals surface area contributed by atoms with Crippen LogP contribution in [0.25, 0.3) is 0 Å². The number of rotatable bonds is 3. The molecule has 1 fully saturated rings.